The topological polar surface area (TPSA) is 67.3 Å². The number of aromatic nitrogens is 2. The highest BCUT2D eigenvalue weighted by atomic mass is 32.2. The van der Waals surface area contributed by atoms with Crippen molar-refractivity contribution in [1.82, 2.24) is 9.97 Å². The molecule has 29 heavy (non-hydrogen) atoms. The molecule has 2 aromatic carbocycles. The normalized spacial score (nSPS) is 10.4. The highest BCUT2D eigenvalue weighted by molar-refractivity contribution is 7.98. The van der Waals surface area contributed by atoms with Crippen molar-refractivity contribution < 1.29 is 9.53 Å². The average molecular weight is 409 g/mol. The summed E-state index contributed by atoms with van der Waals surface area (Å²) < 4.78 is 5.04. The number of hydrogen-bond acceptors (Lipinski definition) is 7. The third kappa shape index (κ3) is 5.48. The second kappa shape index (κ2) is 9.93. The van der Waals surface area contributed by atoms with Crippen LogP contribution in [0.5, 0.6) is 0 Å². The van der Waals surface area contributed by atoms with Gasteiger partial charge in [-0.3, -0.25) is 0 Å². The molecule has 0 amide bonds. The molecule has 0 atom stereocenters. The second-order valence-corrected chi connectivity index (χ2v) is 7.52. The number of methoxy groups -OCH3 is 1. The van der Waals surface area contributed by atoms with Crippen LogP contribution in [0.2, 0.25) is 0 Å². The Morgan fingerprint density at radius 2 is 1.62 bits per heavy atom. The van der Waals surface area contributed by atoms with Gasteiger partial charge in [0.25, 0.3) is 0 Å². The summed E-state index contributed by atoms with van der Waals surface area (Å²) in [5.41, 5.74) is 2.60. The van der Waals surface area contributed by atoms with Gasteiger partial charge in [-0.2, -0.15) is 4.98 Å². The molecule has 0 fully saturated rings. The van der Waals surface area contributed by atoms with E-state index in [2.05, 4.69) is 15.3 Å². The lowest BCUT2D eigenvalue weighted by molar-refractivity contribution is 0.0596. The van der Waals surface area contributed by atoms with Crippen molar-refractivity contribution in [3.63, 3.8) is 0 Å². The van der Waals surface area contributed by atoms with E-state index in [1.807, 2.05) is 79.7 Å². The molecule has 7 heteroatoms. The number of hydrogen-bond donors (Lipinski definition) is 1. The Kier molecular flexibility index (Phi) is 7.08. The number of benzene rings is 2. The minimum Gasteiger partial charge on any atom is -0.465 e. The van der Waals surface area contributed by atoms with Crippen LogP contribution in [0.1, 0.15) is 21.5 Å². The van der Waals surface area contributed by atoms with Crippen molar-refractivity contribution in [2.75, 3.05) is 31.4 Å². The molecule has 0 bridgehead atoms. The van der Waals surface area contributed by atoms with E-state index >= 15 is 0 Å². The fourth-order valence-electron chi connectivity index (χ4n) is 2.65. The van der Waals surface area contributed by atoms with Crippen LogP contribution in [-0.2, 0) is 17.0 Å². The van der Waals surface area contributed by atoms with Crippen LogP contribution in [0.25, 0.3) is 0 Å². The van der Waals surface area contributed by atoms with Gasteiger partial charge in [-0.25, -0.2) is 9.78 Å². The molecule has 0 spiro atoms. The minimum absolute atomic E-state index is 0.356. The van der Waals surface area contributed by atoms with Gasteiger partial charge in [0.15, 0.2) is 0 Å². The number of thioether (sulfide) groups is 1. The van der Waals surface area contributed by atoms with Crippen LogP contribution >= 0.6 is 11.8 Å². The maximum Gasteiger partial charge on any atom is 0.344 e. The predicted molar refractivity (Wildman–Crippen MR) is 117 cm³/mol. The van der Waals surface area contributed by atoms with Gasteiger partial charge < -0.3 is 15.0 Å². The first kappa shape index (κ1) is 20.7. The SMILES string of the molecule is COC(=O)c1c(NCc2ccccc2)nc(N(C)C)nc1SCc1ccccc1. The quantitative estimate of drug-likeness (QED) is 0.340. The highest BCUT2D eigenvalue weighted by Gasteiger charge is 2.23. The van der Waals surface area contributed by atoms with Gasteiger partial charge in [0.1, 0.15) is 16.4 Å². The van der Waals surface area contributed by atoms with Crippen molar-refractivity contribution in [3.05, 3.63) is 77.4 Å². The zero-order valence-electron chi connectivity index (χ0n) is 16.8. The molecule has 3 rings (SSSR count). The highest BCUT2D eigenvalue weighted by Crippen LogP contribution is 2.31. The second-order valence-electron chi connectivity index (χ2n) is 6.55. The molecule has 0 aliphatic carbocycles. The molecule has 0 aliphatic heterocycles. The Bertz CT molecular complexity index is 885. The van der Waals surface area contributed by atoms with E-state index in [9.17, 15) is 4.79 Å². The molecule has 150 valence electrons. The van der Waals surface area contributed by atoms with E-state index in [1.54, 1.807) is 0 Å². The van der Waals surface area contributed by atoms with E-state index in [0.29, 0.717) is 34.7 Å². The number of anilines is 2. The standard InChI is InChI=1S/C22H24N4O2S/c1-26(2)22-24-19(23-14-16-10-6-4-7-11-16)18(21(27)28-3)20(25-22)29-15-17-12-8-5-9-13-17/h4-13H,14-15H2,1-3H3,(H,23,24,25). The van der Waals surface area contributed by atoms with Gasteiger partial charge in [0.05, 0.1) is 7.11 Å². The minimum atomic E-state index is -0.457. The third-order valence-corrected chi connectivity index (χ3v) is 5.22. The van der Waals surface area contributed by atoms with Crippen LogP contribution < -0.4 is 10.2 Å². The van der Waals surface area contributed by atoms with Crippen LogP contribution in [0.3, 0.4) is 0 Å². The summed E-state index contributed by atoms with van der Waals surface area (Å²) in [5, 5.41) is 3.88. The molecular formula is C22H24N4O2S. The third-order valence-electron chi connectivity index (χ3n) is 4.17. The average Bonchev–Trinajstić information content (AvgIpc) is 2.76. The molecule has 0 saturated carbocycles. The van der Waals surface area contributed by atoms with Crippen molar-refractivity contribution in [3.8, 4) is 0 Å². The molecule has 0 unspecified atom stereocenters. The van der Waals surface area contributed by atoms with Gasteiger partial charge in [-0.15, -0.1) is 11.8 Å². The molecule has 0 radical (unpaired) electrons. The summed E-state index contributed by atoms with van der Waals surface area (Å²) >= 11 is 1.49. The van der Waals surface area contributed by atoms with Gasteiger partial charge in [0, 0.05) is 26.4 Å². The predicted octanol–water partition coefficient (Wildman–Crippen LogP) is 4.23. The van der Waals surface area contributed by atoms with Crippen LogP contribution in [0, 0.1) is 0 Å². The van der Waals surface area contributed by atoms with Gasteiger partial charge in [0.2, 0.25) is 5.95 Å². The summed E-state index contributed by atoms with van der Waals surface area (Å²) in [6.07, 6.45) is 0. The molecule has 1 heterocycles. The first-order chi connectivity index (χ1) is 14.1. The molecule has 1 aromatic heterocycles. The Balaban J connectivity index is 1.95. The number of ether oxygens (including phenoxy) is 1. The van der Waals surface area contributed by atoms with Crippen LogP contribution in [-0.4, -0.2) is 37.1 Å². The van der Waals surface area contributed by atoms with Crippen molar-refractivity contribution in [2.45, 2.75) is 17.3 Å². The molecular weight excluding hydrogens is 384 g/mol. The number of nitrogens with one attached hydrogen (secondary N) is 1. The Morgan fingerprint density at radius 1 is 1.00 bits per heavy atom. The van der Waals surface area contributed by atoms with Crippen molar-refractivity contribution in [1.29, 1.82) is 0 Å². The summed E-state index contributed by atoms with van der Waals surface area (Å²) in [4.78, 5) is 23.6. The fraction of sp³-hybridized carbons (Fsp3) is 0.227. The molecule has 6 nitrogen and oxygen atoms in total. The van der Waals surface area contributed by atoms with E-state index in [1.165, 1.54) is 18.9 Å². The van der Waals surface area contributed by atoms with Crippen molar-refractivity contribution >= 4 is 29.5 Å². The number of carbonyl (C=O) groups is 1. The van der Waals surface area contributed by atoms with Gasteiger partial charge in [-0.05, 0) is 11.1 Å². The van der Waals surface area contributed by atoms with Crippen molar-refractivity contribution in [2.24, 2.45) is 0 Å². The Morgan fingerprint density at radius 3 is 2.21 bits per heavy atom. The summed E-state index contributed by atoms with van der Waals surface area (Å²) in [6, 6.07) is 20.0. The Labute approximate surface area is 175 Å². The smallest absolute Gasteiger partial charge is 0.344 e. The van der Waals surface area contributed by atoms with E-state index in [4.69, 9.17) is 4.74 Å². The van der Waals surface area contributed by atoms with Gasteiger partial charge >= 0.3 is 5.97 Å². The maximum absolute atomic E-state index is 12.6. The molecule has 0 saturated heterocycles. The zero-order valence-corrected chi connectivity index (χ0v) is 17.6. The Hall–Kier alpha value is -3.06. The monoisotopic (exact) mass is 408 g/mol. The fourth-order valence-corrected chi connectivity index (χ4v) is 3.62. The van der Waals surface area contributed by atoms with E-state index < -0.39 is 5.97 Å². The lowest BCUT2D eigenvalue weighted by Gasteiger charge is -2.18. The van der Waals surface area contributed by atoms with E-state index in [0.717, 1.165) is 11.1 Å². The van der Waals surface area contributed by atoms with Crippen LogP contribution in [0.15, 0.2) is 65.7 Å². The number of rotatable bonds is 8. The summed E-state index contributed by atoms with van der Waals surface area (Å²) in [5.74, 6) is 1.23. The summed E-state index contributed by atoms with van der Waals surface area (Å²) in [7, 11) is 5.12. The molecule has 3 aromatic rings. The molecule has 0 aliphatic rings. The summed E-state index contributed by atoms with van der Waals surface area (Å²) in [6.45, 7) is 0.539. The van der Waals surface area contributed by atoms with Gasteiger partial charge in [-0.1, -0.05) is 60.7 Å². The first-order valence-electron chi connectivity index (χ1n) is 9.20. The van der Waals surface area contributed by atoms with E-state index in [-0.39, 0.29) is 0 Å². The maximum atomic E-state index is 12.6. The molecule has 1 N–H and O–H groups in total. The largest absolute Gasteiger partial charge is 0.465 e. The number of carbonyl (C=O) groups excluding carboxylic acids is 1. The zero-order chi connectivity index (χ0) is 20.6. The lowest BCUT2D eigenvalue weighted by Crippen LogP contribution is -2.18. The lowest BCUT2D eigenvalue weighted by atomic mass is 10.2. The number of nitrogens with zero attached hydrogens (tertiary/aromatic N) is 3. The first-order valence-corrected chi connectivity index (χ1v) is 10.2. The number of esters is 1. The van der Waals surface area contributed by atoms with Crippen LogP contribution in [0.4, 0.5) is 11.8 Å².